The Kier molecular flexibility index (Phi) is 4.77. The van der Waals surface area contributed by atoms with E-state index in [1.807, 2.05) is 47.5 Å². The highest BCUT2D eigenvalue weighted by molar-refractivity contribution is 6.30. The summed E-state index contributed by atoms with van der Waals surface area (Å²) in [5.41, 5.74) is 3.46. The van der Waals surface area contributed by atoms with E-state index in [2.05, 4.69) is 4.98 Å². The Labute approximate surface area is 162 Å². The molecule has 2 heterocycles. The lowest BCUT2D eigenvalue weighted by Gasteiger charge is -2.28. The number of benzene rings is 2. The SMILES string of the molecule is COc1ccccc1C(=O)N1CCc2nc(-c3ccc(Cl)cc3)ncc2C1. The first-order chi connectivity index (χ1) is 13.2. The summed E-state index contributed by atoms with van der Waals surface area (Å²) in [5, 5.41) is 0.683. The van der Waals surface area contributed by atoms with Crippen molar-refractivity contribution in [1.82, 2.24) is 14.9 Å². The normalized spacial score (nSPS) is 13.2. The van der Waals surface area contributed by atoms with Crippen molar-refractivity contribution in [2.75, 3.05) is 13.7 Å². The third-order valence-electron chi connectivity index (χ3n) is 4.66. The third kappa shape index (κ3) is 3.51. The number of carbonyl (C=O) groups is 1. The van der Waals surface area contributed by atoms with E-state index in [1.165, 1.54) is 0 Å². The van der Waals surface area contributed by atoms with Crippen LogP contribution >= 0.6 is 11.6 Å². The lowest BCUT2D eigenvalue weighted by molar-refractivity contribution is 0.0730. The quantitative estimate of drug-likeness (QED) is 0.690. The van der Waals surface area contributed by atoms with Crippen LogP contribution in [0.2, 0.25) is 5.02 Å². The Balaban J connectivity index is 1.57. The average molecular weight is 380 g/mol. The van der Waals surface area contributed by atoms with Crippen molar-refractivity contribution in [1.29, 1.82) is 0 Å². The van der Waals surface area contributed by atoms with Gasteiger partial charge in [-0.15, -0.1) is 0 Å². The molecule has 2 aromatic carbocycles. The third-order valence-corrected chi connectivity index (χ3v) is 4.91. The number of para-hydroxylation sites is 1. The van der Waals surface area contributed by atoms with Crippen molar-refractivity contribution in [3.05, 3.63) is 76.6 Å². The summed E-state index contributed by atoms with van der Waals surface area (Å²) in [6.45, 7) is 1.11. The van der Waals surface area contributed by atoms with E-state index in [9.17, 15) is 4.79 Å². The second-order valence-electron chi connectivity index (χ2n) is 6.35. The van der Waals surface area contributed by atoms with Crippen molar-refractivity contribution in [2.45, 2.75) is 13.0 Å². The molecule has 0 unspecified atom stereocenters. The van der Waals surface area contributed by atoms with Crippen molar-refractivity contribution >= 4 is 17.5 Å². The number of ether oxygens (including phenoxy) is 1. The molecule has 1 aliphatic rings. The van der Waals surface area contributed by atoms with Crippen LogP contribution in [-0.4, -0.2) is 34.4 Å². The van der Waals surface area contributed by atoms with Crippen LogP contribution in [0.4, 0.5) is 0 Å². The molecular weight excluding hydrogens is 362 g/mol. The Morgan fingerprint density at radius 1 is 1.15 bits per heavy atom. The maximum Gasteiger partial charge on any atom is 0.257 e. The average Bonchev–Trinajstić information content (AvgIpc) is 2.73. The van der Waals surface area contributed by atoms with Gasteiger partial charge in [0.1, 0.15) is 5.75 Å². The Morgan fingerprint density at radius 2 is 1.93 bits per heavy atom. The molecule has 0 saturated heterocycles. The summed E-state index contributed by atoms with van der Waals surface area (Å²) in [5.74, 6) is 1.22. The smallest absolute Gasteiger partial charge is 0.257 e. The number of methoxy groups -OCH3 is 1. The van der Waals surface area contributed by atoms with Gasteiger partial charge in [0.05, 0.1) is 18.4 Å². The number of hydrogen-bond acceptors (Lipinski definition) is 4. The molecule has 0 bridgehead atoms. The lowest BCUT2D eigenvalue weighted by Crippen LogP contribution is -2.36. The van der Waals surface area contributed by atoms with Gasteiger partial charge in [0.25, 0.3) is 5.91 Å². The van der Waals surface area contributed by atoms with Crippen LogP contribution in [0.1, 0.15) is 21.6 Å². The highest BCUT2D eigenvalue weighted by atomic mass is 35.5. The van der Waals surface area contributed by atoms with Crippen LogP contribution in [0, 0.1) is 0 Å². The van der Waals surface area contributed by atoms with E-state index < -0.39 is 0 Å². The van der Waals surface area contributed by atoms with Gasteiger partial charge < -0.3 is 9.64 Å². The summed E-state index contributed by atoms with van der Waals surface area (Å²) in [7, 11) is 1.57. The number of fused-ring (bicyclic) bond motifs is 1. The van der Waals surface area contributed by atoms with Gasteiger partial charge in [0, 0.05) is 41.9 Å². The van der Waals surface area contributed by atoms with E-state index in [1.54, 1.807) is 19.2 Å². The second-order valence-corrected chi connectivity index (χ2v) is 6.79. The summed E-state index contributed by atoms with van der Waals surface area (Å²) in [6, 6.07) is 14.8. The fraction of sp³-hybridized carbons (Fsp3) is 0.190. The molecule has 1 aliphatic heterocycles. The molecule has 0 fully saturated rings. The molecule has 4 rings (SSSR count). The first-order valence-electron chi connectivity index (χ1n) is 8.69. The minimum Gasteiger partial charge on any atom is -0.496 e. The van der Waals surface area contributed by atoms with E-state index in [0.29, 0.717) is 41.7 Å². The van der Waals surface area contributed by atoms with Gasteiger partial charge in [-0.2, -0.15) is 0 Å². The summed E-state index contributed by atoms with van der Waals surface area (Å²) in [4.78, 5) is 23.9. The van der Waals surface area contributed by atoms with Crippen LogP contribution in [0.25, 0.3) is 11.4 Å². The second kappa shape index (κ2) is 7.37. The van der Waals surface area contributed by atoms with Crippen LogP contribution in [-0.2, 0) is 13.0 Å². The zero-order chi connectivity index (χ0) is 18.8. The van der Waals surface area contributed by atoms with Gasteiger partial charge in [0.15, 0.2) is 5.82 Å². The van der Waals surface area contributed by atoms with Crippen LogP contribution < -0.4 is 4.74 Å². The fourth-order valence-corrected chi connectivity index (χ4v) is 3.35. The molecule has 0 atom stereocenters. The minimum atomic E-state index is -0.0418. The van der Waals surface area contributed by atoms with E-state index in [-0.39, 0.29) is 5.91 Å². The molecule has 0 radical (unpaired) electrons. The molecule has 136 valence electrons. The molecule has 27 heavy (non-hydrogen) atoms. The molecule has 3 aromatic rings. The van der Waals surface area contributed by atoms with Gasteiger partial charge in [-0.25, -0.2) is 9.97 Å². The number of nitrogens with zero attached hydrogens (tertiary/aromatic N) is 3. The van der Waals surface area contributed by atoms with Crippen LogP contribution in [0.15, 0.2) is 54.7 Å². The Morgan fingerprint density at radius 3 is 2.70 bits per heavy atom. The van der Waals surface area contributed by atoms with Gasteiger partial charge in [-0.1, -0.05) is 23.7 Å². The van der Waals surface area contributed by atoms with E-state index >= 15 is 0 Å². The van der Waals surface area contributed by atoms with Crippen molar-refractivity contribution in [3.63, 3.8) is 0 Å². The van der Waals surface area contributed by atoms with Crippen molar-refractivity contribution in [3.8, 4) is 17.1 Å². The van der Waals surface area contributed by atoms with Gasteiger partial charge in [0.2, 0.25) is 0 Å². The van der Waals surface area contributed by atoms with Crippen molar-refractivity contribution in [2.24, 2.45) is 0 Å². The van der Waals surface area contributed by atoms with Gasteiger partial charge in [-0.05, 0) is 36.4 Å². The zero-order valence-corrected chi connectivity index (χ0v) is 15.6. The standard InChI is InChI=1S/C21H18ClN3O2/c1-27-19-5-3-2-4-17(19)21(26)25-11-10-18-15(13-25)12-23-20(24-18)14-6-8-16(22)9-7-14/h2-9,12H,10-11,13H2,1H3. The Hall–Kier alpha value is -2.92. The highest BCUT2D eigenvalue weighted by Gasteiger charge is 2.25. The number of carbonyl (C=O) groups excluding carboxylic acids is 1. The predicted molar refractivity (Wildman–Crippen MR) is 104 cm³/mol. The van der Waals surface area contributed by atoms with Crippen molar-refractivity contribution < 1.29 is 9.53 Å². The largest absolute Gasteiger partial charge is 0.496 e. The number of amides is 1. The first-order valence-corrected chi connectivity index (χ1v) is 9.06. The lowest BCUT2D eigenvalue weighted by atomic mass is 10.0. The molecule has 0 saturated carbocycles. The Bertz CT molecular complexity index is 989. The molecule has 1 amide bonds. The number of aromatic nitrogens is 2. The maximum atomic E-state index is 12.9. The van der Waals surface area contributed by atoms with Crippen LogP contribution in [0.3, 0.4) is 0 Å². The molecular formula is C21H18ClN3O2. The van der Waals surface area contributed by atoms with Gasteiger partial charge in [-0.3, -0.25) is 4.79 Å². The number of rotatable bonds is 3. The molecule has 0 aliphatic carbocycles. The predicted octanol–water partition coefficient (Wildman–Crippen LogP) is 4.00. The maximum absolute atomic E-state index is 12.9. The monoisotopic (exact) mass is 379 g/mol. The fourth-order valence-electron chi connectivity index (χ4n) is 3.22. The molecule has 6 heteroatoms. The zero-order valence-electron chi connectivity index (χ0n) is 14.9. The number of halogens is 1. The summed E-state index contributed by atoms with van der Waals surface area (Å²) >= 11 is 5.95. The molecule has 0 N–H and O–H groups in total. The van der Waals surface area contributed by atoms with E-state index in [0.717, 1.165) is 16.8 Å². The molecule has 1 aromatic heterocycles. The van der Waals surface area contributed by atoms with E-state index in [4.69, 9.17) is 21.3 Å². The topological polar surface area (TPSA) is 55.3 Å². The van der Waals surface area contributed by atoms with Crippen LogP contribution in [0.5, 0.6) is 5.75 Å². The minimum absolute atomic E-state index is 0.0418. The summed E-state index contributed by atoms with van der Waals surface area (Å²) < 4.78 is 5.32. The summed E-state index contributed by atoms with van der Waals surface area (Å²) in [6.07, 6.45) is 2.51. The highest BCUT2D eigenvalue weighted by Crippen LogP contribution is 2.25. The number of hydrogen-bond donors (Lipinski definition) is 0. The van der Waals surface area contributed by atoms with Gasteiger partial charge >= 0.3 is 0 Å². The molecule has 0 spiro atoms. The first kappa shape index (κ1) is 17.5. The molecule has 5 nitrogen and oxygen atoms in total.